The van der Waals surface area contributed by atoms with Crippen molar-refractivity contribution in [3.63, 3.8) is 0 Å². The Morgan fingerprint density at radius 3 is 2.47 bits per heavy atom. The summed E-state index contributed by atoms with van der Waals surface area (Å²) in [4.78, 5) is 4.58. The van der Waals surface area contributed by atoms with E-state index in [1.807, 2.05) is 42.6 Å². The lowest BCUT2D eigenvalue weighted by Crippen LogP contribution is -2.25. The quantitative estimate of drug-likeness (QED) is 0.578. The highest BCUT2D eigenvalue weighted by Crippen LogP contribution is 2.20. The highest BCUT2D eigenvalue weighted by molar-refractivity contribution is 9.10. The van der Waals surface area contributed by atoms with Gasteiger partial charge in [0.2, 0.25) is 0 Å². The molecule has 0 amide bonds. The first-order valence-electron chi connectivity index (χ1n) is 6.01. The van der Waals surface area contributed by atoms with Gasteiger partial charge in [-0.3, -0.25) is 4.40 Å². The van der Waals surface area contributed by atoms with Gasteiger partial charge in [0.15, 0.2) is 0 Å². The molecule has 0 aliphatic carbocycles. The van der Waals surface area contributed by atoms with Crippen LogP contribution in [-0.2, 0) is 0 Å². The Morgan fingerprint density at radius 2 is 1.79 bits per heavy atom. The van der Waals surface area contributed by atoms with Crippen molar-refractivity contribution >= 4 is 61.7 Å². The summed E-state index contributed by atoms with van der Waals surface area (Å²) < 4.78 is 4.00. The number of hydrogen-bond acceptors (Lipinski definition) is 1. The summed E-state index contributed by atoms with van der Waals surface area (Å²) in [6.45, 7) is 12.0. The smallest absolute Gasteiger partial charge is 0.145 e. The molecule has 0 spiro atoms. The SMILES string of the molecule is C=c1c(Br)cn2c(nc3ccc(Br)cc32)c1=C.CC. The molecule has 2 aromatic heterocycles. The van der Waals surface area contributed by atoms with Gasteiger partial charge < -0.3 is 0 Å². The van der Waals surface area contributed by atoms with Crippen LogP contribution in [0.5, 0.6) is 0 Å². The number of hydrogen-bond donors (Lipinski definition) is 0. The van der Waals surface area contributed by atoms with Crippen molar-refractivity contribution in [2.45, 2.75) is 13.8 Å². The third-order valence-corrected chi connectivity index (χ3v) is 3.99. The molecular formula is C15H14Br2N2. The summed E-state index contributed by atoms with van der Waals surface area (Å²) in [6, 6.07) is 6.02. The Balaban J connectivity index is 0.000000637. The van der Waals surface area contributed by atoms with Crippen molar-refractivity contribution in [3.05, 3.63) is 43.8 Å². The van der Waals surface area contributed by atoms with Gasteiger partial charge in [-0.2, -0.15) is 0 Å². The first kappa shape index (κ1) is 14.3. The zero-order chi connectivity index (χ0) is 14.2. The molecule has 19 heavy (non-hydrogen) atoms. The number of pyridine rings is 1. The van der Waals surface area contributed by atoms with E-state index in [1.54, 1.807) is 0 Å². The van der Waals surface area contributed by atoms with E-state index >= 15 is 0 Å². The lowest BCUT2D eigenvalue weighted by Gasteiger charge is -1.99. The minimum Gasteiger partial charge on any atom is -0.298 e. The van der Waals surface area contributed by atoms with Gasteiger partial charge in [-0.05, 0) is 39.3 Å². The zero-order valence-corrected chi connectivity index (χ0v) is 14.0. The molecule has 0 fully saturated rings. The Morgan fingerprint density at radius 1 is 1.11 bits per heavy atom. The predicted molar refractivity (Wildman–Crippen MR) is 89.7 cm³/mol. The molecule has 0 unspecified atom stereocenters. The van der Waals surface area contributed by atoms with Gasteiger partial charge in [-0.15, -0.1) is 0 Å². The van der Waals surface area contributed by atoms with E-state index in [0.29, 0.717) is 0 Å². The first-order valence-corrected chi connectivity index (χ1v) is 7.60. The third kappa shape index (κ3) is 2.35. The van der Waals surface area contributed by atoms with E-state index in [1.165, 1.54) is 0 Å². The Bertz CT molecular complexity index is 850. The highest BCUT2D eigenvalue weighted by atomic mass is 79.9. The van der Waals surface area contributed by atoms with E-state index in [9.17, 15) is 0 Å². The summed E-state index contributed by atoms with van der Waals surface area (Å²) in [5.41, 5.74) is 2.86. The number of benzene rings is 1. The Hall–Kier alpha value is -1.13. The number of halogens is 2. The van der Waals surface area contributed by atoms with Crippen molar-refractivity contribution in [1.82, 2.24) is 9.38 Å². The maximum absolute atomic E-state index is 4.58. The number of imidazole rings is 1. The lowest BCUT2D eigenvalue weighted by molar-refractivity contribution is 1.18. The summed E-state index contributed by atoms with van der Waals surface area (Å²) in [6.07, 6.45) is 1.98. The van der Waals surface area contributed by atoms with Crippen LogP contribution in [0.4, 0.5) is 0 Å². The van der Waals surface area contributed by atoms with E-state index in [2.05, 4.69) is 50.0 Å². The zero-order valence-electron chi connectivity index (χ0n) is 10.9. The molecule has 2 nitrogen and oxygen atoms in total. The molecule has 0 bridgehead atoms. The van der Waals surface area contributed by atoms with Gasteiger partial charge in [0, 0.05) is 20.4 Å². The van der Waals surface area contributed by atoms with E-state index in [-0.39, 0.29) is 0 Å². The normalized spacial score (nSPS) is 10.5. The van der Waals surface area contributed by atoms with Crippen molar-refractivity contribution in [1.29, 1.82) is 0 Å². The summed E-state index contributed by atoms with van der Waals surface area (Å²) in [7, 11) is 0. The maximum Gasteiger partial charge on any atom is 0.145 e. The molecule has 4 heteroatoms. The molecule has 1 aromatic carbocycles. The first-order chi connectivity index (χ1) is 9.08. The second kappa shape index (κ2) is 5.47. The molecule has 2 heterocycles. The number of aromatic nitrogens is 2. The van der Waals surface area contributed by atoms with Gasteiger partial charge in [0.05, 0.1) is 11.0 Å². The largest absolute Gasteiger partial charge is 0.298 e. The lowest BCUT2D eigenvalue weighted by atomic mass is 10.3. The van der Waals surface area contributed by atoms with Gasteiger partial charge in [-0.25, -0.2) is 4.98 Å². The van der Waals surface area contributed by atoms with Crippen LogP contribution in [0.15, 0.2) is 33.3 Å². The molecule has 0 saturated carbocycles. The minimum absolute atomic E-state index is 0.853. The second-order valence-electron chi connectivity index (χ2n) is 3.87. The molecule has 3 aromatic rings. The number of fused-ring (bicyclic) bond motifs is 3. The molecule has 0 aliphatic rings. The van der Waals surface area contributed by atoms with Crippen LogP contribution >= 0.6 is 31.9 Å². The average Bonchev–Trinajstić information content (AvgIpc) is 2.77. The number of nitrogens with zero attached hydrogens (tertiary/aromatic N) is 2. The molecule has 0 saturated heterocycles. The highest BCUT2D eigenvalue weighted by Gasteiger charge is 2.07. The number of rotatable bonds is 0. The fourth-order valence-corrected chi connectivity index (χ4v) is 2.67. The molecule has 98 valence electrons. The molecular weight excluding hydrogens is 368 g/mol. The van der Waals surface area contributed by atoms with Gasteiger partial charge >= 0.3 is 0 Å². The molecule has 0 N–H and O–H groups in total. The maximum atomic E-state index is 4.58. The molecule has 0 aliphatic heterocycles. The van der Waals surface area contributed by atoms with E-state index in [0.717, 1.165) is 36.1 Å². The van der Waals surface area contributed by atoms with Crippen LogP contribution in [-0.4, -0.2) is 9.38 Å². The van der Waals surface area contributed by atoms with Crippen LogP contribution in [0.25, 0.3) is 29.8 Å². The fourth-order valence-electron chi connectivity index (χ4n) is 1.88. The van der Waals surface area contributed by atoms with E-state index < -0.39 is 0 Å². The van der Waals surface area contributed by atoms with Gasteiger partial charge in [0.1, 0.15) is 5.65 Å². The van der Waals surface area contributed by atoms with Crippen LogP contribution in [0.1, 0.15) is 13.8 Å². The van der Waals surface area contributed by atoms with Crippen molar-refractivity contribution in [2.24, 2.45) is 0 Å². The molecule has 3 rings (SSSR count). The second-order valence-corrected chi connectivity index (χ2v) is 5.64. The van der Waals surface area contributed by atoms with Crippen molar-refractivity contribution in [2.75, 3.05) is 0 Å². The van der Waals surface area contributed by atoms with Crippen LogP contribution in [0.2, 0.25) is 0 Å². The summed E-state index contributed by atoms with van der Waals surface area (Å²) in [5, 5.41) is 1.73. The van der Waals surface area contributed by atoms with E-state index in [4.69, 9.17) is 0 Å². The minimum atomic E-state index is 0.853. The topological polar surface area (TPSA) is 17.3 Å². The standard InChI is InChI=1S/C13H8Br2N2.C2H6/c1-7-8(2)13-16-11-4-3-9(14)5-12(11)17(13)6-10(7)15;1-2/h3-6H,1-2H2;1-2H3. The van der Waals surface area contributed by atoms with Crippen LogP contribution in [0.3, 0.4) is 0 Å². The Kier molecular flexibility index (Phi) is 4.11. The van der Waals surface area contributed by atoms with Crippen LogP contribution in [0, 0.1) is 0 Å². The third-order valence-electron chi connectivity index (χ3n) is 2.82. The summed E-state index contributed by atoms with van der Waals surface area (Å²) in [5.74, 6) is 0. The average molecular weight is 382 g/mol. The fraction of sp³-hybridized carbons (Fsp3) is 0.133. The van der Waals surface area contributed by atoms with Crippen LogP contribution < -0.4 is 10.4 Å². The molecule has 0 radical (unpaired) electrons. The predicted octanol–water partition coefficient (Wildman–Crippen LogP) is 3.86. The Labute approximate surface area is 128 Å². The van der Waals surface area contributed by atoms with Crippen molar-refractivity contribution in [3.8, 4) is 0 Å². The monoisotopic (exact) mass is 380 g/mol. The van der Waals surface area contributed by atoms with Gasteiger partial charge in [0.25, 0.3) is 0 Å². The summed E-state index contributed by atoms with van der Waals surface area (Å²) >= 11 is 6.97. The van der Waals surface area contributed by atoms with Gasteiger partial charge in [-0.1, -0.05) is 42.9 Å². The molecule has 0 atom stereocenters. The van der Waals surface area contributed by atoms with Crippen molar-refractivity contribution < 1.29 is 0 Å².